The summed E-state index contributed by atoms with van der Waals surface area (Å²) in [4.78, 5) is 1.99. The van der Waals surface area contributed by atoms with Crippen LogP contribution in [-0.4, -0.2) is 24.3 Å². The van der Waals surface area contributed by atoms with Crippen LogP contribution in [0.3, 0.4) is 0 Å². The summed E-state index contributed by atoms with van der Waals surface area (Å²) < 4.78 is 0. The van der Waals surface area contributed by atoms with Gasteiger partial charge in [-0.2, -0.15) is 5.26 Å². The van der Waals surface area contributed by atoms with Crippen molar-refractivity contribution in [2.75, 3.05) is 18.5 Å². The number of likely N-dealkylation sites (N-methyl/N-ethyl adjacent to an activating group) is 1. The lowest BCUT2D eigenvalue weighted by Gasteiger charge is -2.32. The summed E-state index contributed by atoms with van der Waals surface area (Å²) in [5.74, 6) is 0. The lowest BCUT2D eigenvalue weighted by Crippen LogP contribution is -2.40. The van der Waals surface area contributed by atoms with Gasteiger partial charge in [-0.1, -0.05) is 19.9 Å². The Balaban J connectivity index is 2.83. The molecule has 0 aliphatic rings. The Hall–Kier alpha value is -1.53. The van der Waals surface area contributed by atoms with Crippen LogP contribution in [0.15, 0.2) is 24.3 Å². The molecule has 3 nitrogen and oxygen atoms in total. The minimum Gasteiger partial charge on any atom is -0.388 e. The van der Waals surface area contributed by atoms with Crippen molar-refractivity contribution in [2.24, 2.45) is 0 Å². The second-order valence-corrected chi connectivity index (χ2v) is 4.45. The zero-order valence-electron chi connectivity index (χ0n) is 10.8. The molecule has 0 bridgehead atoms. The topological polar surface area (TPSA) is 47.3 Å². The van der Waals surface area contributed by atoms with E-state index in [1.807, 2.05) is 44.0 Å². The molecule has 0 aliphatic heterocycles. The highest BCUT2D eigenvalue weighted by Gasteiger charge is 2.24. The summed E-state index contributed by atoms with van der Waals surface area (Å²) in [5, 5.41) is 19.1. The van der Waals surface area contributed by atoms with Crippen LogP contribution in [0, 0.1) is 11.3 Å². The maximum absolute atomic E-state index is 10.3. The van der Waals surface area contributed by atoms with Crippen LogP contribution in [-0.2, 0) is 0 Å². The Morgan fingerprint density at radius 2 is 2.00 bits per heavy atom. The van der Waals surface area contributed by atoms with Gasteiger partial charge in [0.25, 0.3) is 0 Å². The molecule has 0 amide bonds. The number of nitrogens with zero attached hydrogens (tertiary/aromatic N) is 2. The molecule has 0 spiro atoms. The molecular weight excluding hydrogens is 212 g/mol. The zero-order valence-corrected chi connectivity index (χ0v) is 10.8. The molecule has 0 heterocycles. The summed E-state index contributed by atoms with van der Waals surface area (Å²) in [7, 11) is 1.94. The van der Waals surface area contributed by atoms with Gasteiger partial charge in [0.1, 0.15) is 0 Å². The van der Waals surface area contributed by atoms with Crippen LogP contribution in [0.2, 0.25) is 0 Å². The first kappa shape index (κ1) is 13.5. The van der Waals surface area contributed by atoms with E-state index in [0.29, 0.717) is 12.1 Å². The third kappa shape index (κ3) is 3.47. The van der Waals surface area contributed by atoms with E-state index in [4.69, 9.17) is 5.26 Å². The van der Waals surface area contributed by atoms with Crippen molar-refractivity contribution >= 4 is 5.69 Å². The van der Waals surface area contributed by atoms with Crippen molar-refractivity contribution in [1.82, 2.24) is 0 Å². The normalized spacial score (nSPS) is 11.0. The van der Waals surface area contributed by atoms with Gasteiger partial charge in [-0.05, 0) is 31.0 Å². The van der Waals surface area contributed by atoms with E-state index in [0.717, 1.165) is 18.5 Å². The minimum atomic E-state index is -0.655. The number of hydrogen-bond donors (Lipinski definition) is 1. The Morgan fingerprint density at radius 3 is 2.53 bits per heavy atom. The Bertz CT molecular complexity index is 405. The van der Waals surface area contributed by atoms with Gasteiger partial charge < -0.3 is 10.0 Å². The number of benzene rings is 1. The molecule has 0 saturated heterocycles. The molecule has 92 valence electrons. The van der Waals surface area contributed by atoms with Crippen molar-refractivity contribution in [3.63, 3.8) is 0 Å². The van der Waals surface area contributed by atoms with Gasteiger partial charge in [0, 0.05) is 19.3 Å². The van der Waals surface area contributed by atoms with Gasteiger partial charge in [-0.15, -0.1) is 0 Å². The van der Waals surface area contributed by atoms with Gasteiger partial charge in [-0.25, -0.2) is 0 Å². The molecule has 1 rings (SSSR count). The molecular formula is C14H20N2O. The summed E-state index contributed by atoms with van der Waals surface area (Å²) >= 11 is 0. The molecule has 1 aromatic rings. The van der Waals surface area contributed by atoms with Crippen LogP contribution in [0.4, 0.5) is 5.69 Å². The average Bonchev–Trinajstić information content (AvgIpc) is 2.38. The van der Waals surface area contributed by atoms with Crippen LogP contribution < -0.4 is 4.90 Å². The molecule has 0 fully saturated rings. The van der Waals surface area contributed by atoms with Crippen LogP contribution >= 0.6 is 0 Å². The predicted molar refractivity (Wildman–Crippen MR) is 70.0 cm³/mol. The quantitative estimate of drug-likeness (QED) is 0.848. The van der Waals surface area contributed by atoms with Crippen molar-refractivity contribution in [1.29, 1.82) is 5.26 Å². The third-order valence-corrected chi connectivity index (χ3v) is 3.26. The Kier molecular flexibility index (Phi) is 4.53. The van der Waals surface area contributed by atoms with E-state index in [-0.39, 0.29) is 0 Å². The van der Waals surface area contributed by atoms with Crippen molar-refractivity contribution in [3.8, 4) is 6.07 Å². The molecule has 1 aromatic carbocycles. The standard InChI is InChI=1S/C14H20N2O/c1-4-14(17,5-2)11-16(3)13-8-6-7-12(9-13)10-15/h6-9,17H,4-5,11H2,1-3H3. The van der Waals surface area contributed by atoms with E-state index >= 15 is 0 Å². The largest absolute Gasteiger partial charge is 0.388 e. The molecule has 1 N–H and O–H groups in total. The SMILES string of the molecule is CCC(O)(CC)CN(C)c1cccc(C#N)c1. The van der Waals surface area contributed by atoms with E-state index in [1.54, 1.807) is 6.07 Å². The summed E-state index contributed by atoms with van der Waals surface area (Å²) in [6, 6.07) is 9.56. The van der Waals surface area contributed by atoms with Crippen molar-refractivity contribution < 1.29 is 5.11 Å². The Labute approximate surface area is 103 Å². The van der Waals surface area contributed by atoms with Gasteiger partial charge in [0.05, 0.1) is 17.2 Å². The van der Waals surface area contributed by atoms with E-state index < -0.39 is 5.60 Å². The monoisotopic (exact) mass is 232 g/mol. The summed E-state index contributed by atoms with van der Waals surface area (Å²) in [5.41, 5.74) is 0.951. The summed E-state index contributed by atoms with van der Waals surface area (Å²) in [6.45, 7) is 4.56. The predicted octanol–water partition coefficient (Wildman–Crippen LogP) is 2.55. The lowest BCUT2D eigenvalue weighted by atomic mass is 9.97. The summed E-state index contributed by atoms with van der Waals surface area (Å²) in [6.07, 6.45) is 1.46. The van der Waals surface area contributed by atoms with Crippen LogP contribution in [0.1, 0.15) is 32.3 Å². The highest BCUT2D eigenvalue weighted by atomic mass is 16.3. The van der Waals surface area contributed by atoms with Gasteiger partial charge in [0.15, 0.2) is 0 Å². The lowest BCUT2D eigenvalue weighted by molar-refractivity contribution is 0.0404. The minimum absolute atomic E-state index is 0.578. The van der Waals surface area contributed by atoms with Crippen LogP contribution in [0.25, 0.3) is 0 Å². The first-order chi connectivity index (χ1) is 8.04. The Morgan fingerprint density at radius 1 is 1.35 bits per heavy atom. The number of aliphatic hydroxyl groups is 1. The second kappa shape index (κ2) is 5.70. The first-order valence-electron chi connectivity index (χ1n) is 5.98. The number of nitriles is 1. The van der Waals surface area contributed by atoms with Crippen molar-refractivity contribution in [3.05, 3.63) is 29.8 Å². The smallest absolute Gasteiger partial charge is 0.0992 e. The number of anilines is 1. The van der Waals surface area contributed by atoms with Gasteiger partial charge >= 0.3 is 0 Å². The highest BCUT2D eigenvalue weighted by Crippen LogP contribution is 2.21. The van der Waals surface area contributed by atoms with E-state index in [9.17, 15) is 5.11 Å². The molecule has 0 saturated carbocycles. The molecule has 0 atom stereocenters. The fraction of sp³-hybridized carbons (Fsp3) is 0.500. The first-order valence-corrected chi connectivity index (χ1v) is 5.98. The molecule has 3 heteroatoms. The molecule has 0 aromatic heterocycles. The van der Waals surface area contributed by atoms with E-state index in [2.05, 4.69) is 6.07 Å². The molecule has 0 unspecified atom stereocenters. The third-order valence-electron chi connectivity index (χ3n) is 3.26. The molecule has 0 radical (unpaired) electrons. The second-order valence-electron chi connectivity index (χ2n) is 4.45. The number of rotatable bonds is 5. The fourth-order valence-corrected chi connectivity index (χ4v) is 1.82. The maximum Gasteiger partial charge on any atom is 0.0992 e. The average molecular weight is 232 g/mol. The van der Waals surface area contributed by atoms with E-state index in [1.165, 1.54) is 0 Å². The molecule has 0 aliphatic carbocycles. The van der Waals surface area contributed by atoms with Crippen LogP contribution in [0.5, 0.6) is 0 Å². The van der Waals surface area contributed by atoms with Gasteiger partial charge in [-0.3, -0.25) is 0 Å². The molecule has 17 heavy (non-hydrogen) atoms. The highest BCUT2D eigenvalue weighted by molar-refractivity contribution is 5.51. The zero-order chi connectivity index (χ0) is 12.9. The number of hydrogen-bond acceptors (Lipinski definition) is 3. The fourth-order valence-electron chi connectivity index (χ4n) is 1.82. The van der Waals surface area contributed by atoms with Crippen molar-refractivity contribution in [2.45, 2.75) is 32.3 Å². The van der Waals surface area contributed by atoms with Gasteiger partial charge in [0.2, 0.25) is 0 Å². The maximum atomic E-state index is 10.3.